The van der Waals surface area contributed by atoms with Gasteiger partial charge < -0.3 is 14.8 Å². The van der Waals surface area contributed by atoms with Crippen LogP contribution in [0.25, 0.3) is 0 Å². The summed E-state index contributed by atoms with van der Waals surface area (Å²) in [7, 11) is 0. The molecule has 1 saturated heterocycles. The highest BCUT2D eigenvalue weighted by atomic mass is 16.5. The number of hydrogen-bond acceptors (Lipinski definition) is 3. The molecular weight excluding hydrogens is 206 g/mol. The number of nitrogens with one attached hydrogen (secondary N) is 1. The molecule has 1 fully saturated rings. The molecule has 0 unspecified atom stereocenters. The Morgan fingerprint density at radius 1 is 1.50 bits per heavy atom. The van der Waals surface area contributed by atoms with Crippen molar-refractivity contribution >= 4 is 5.91 Å². The van der Waals surface area contributed by atoms with Gasteiger partial charge in [0.1, 0.15) is 0 Å². The SMILES string of the molecule is C=C(C)COCCNC(=O)C1CCOCC1. The van der Waals surface area contributed by atoms with E-state index in [-0.39, 0.29) is 11.8 Å². The molecule has 0 radical (unpaired) electrons. The fraction of sp³-hybridized carbons (Fsp3) is 0.750. The minimum Gasteiger partial charge on any atom is -0.381 e. The van der Waals surface area contributed by atoms with Gasteiger partial charge in [-0.1, -0.05) is 12.2 Å². The first-order valence-corrected chi connectivity index (χ1v) is 5.77. The zero-order chi connectivity index (χ0) is 11.8. The summed E-state index contributed by atoms with van der Waals surface area (Å²) >= 11 is 0. The maximum atomic E-state index is 11.7. The van der Waals surface area contributed by atoms with Crippen LogP contribution in [0.3, 0.4) is 0 Å². The summed E-state index contributed by atoms with van der Waals surface area (Å²) in [6, 6.07) is 0. The molecule has 1 amide bonds. The lowest BCUT2D eigenvalue weighted by Gasteiger charge is -2.21. The van der Waals surface area contributed by atoms with E-state index in [1.54, 1.807) is 0 Å². The van der Waals surface area contributed by atoms with Crippen LogP contribution in [0, 0.1) is 5.92 Å². The number of amides is 1. The lowest BCUT2D eigenvalue weighted by molar-refractivity contribution is -0.128. The van der Waals surface area contributed by atoms with Gasteiger partial charge in [-0.15, -0.1) is 0 Å². The topological polar surface area (TPSA) is 47.6 Å². The smallest absolute Gasteiger partial charge is 0.223 e. The van der Waals surface area contributed by atoms with Crippen molar-refractivity contribution in [1.82, 2.24) is 5.32 Å². The molecule has 0 aromatic carbocycles. The van der Waals surface area contributed by atoms with Crippen molar-refractivity contribution in [2.75, 3.05) is 33.0 Å². The van der Waals surface area contributed by atoms with Crippen LogP contribution in [0.4, 0.5) is 0 Å². The number of hydrogen-bond donors (Lipinski definition) is 1. The second-order valence-corrected chi connectivity index (χ2v) is 4.19. The van der Waals surface area contributed by atoms with E-state index in [0.29, 0.717) is 33.0 Å². The molecule has 0 aromatic rings. The number of carbonyl (C=O) groups is 1. The quantitative estimate of drug-likeness (QED) is 0.546. The van der Waals surface area contributed by atoms with Crippen molar-refractivity contribution in [3.8, 4) is 0 Å². The van der Waals surface area contributed by atoms with E-state index in [0.717, 1.165) is 18.4 Å². The average Bonchev–Trinajstić information content (AvgIpc) is 2.29. The third-order valence-electron chi connectivity index (χ3n) is 2.49. The van der Waals surface area contributed by atoms with E-state index in [1.807, 2.05) is 6.92 Å². The molecule has 0 atom stereocenters. The Bertz CT molecular complexity index is 234. The number of carbonyl (C=O) groups excluding carboxylic acids is 1. The minimum atomic E-state index is 0.120. The lowest BCUT2D eigenvalue weighted by Crippen LogP contribution is -2.36. The Hall–Kier alpha value is -0.870. The Morgan fingerprint density at radius 3 is 2.81 bits per heavy atom. The fourth-order valence-electron chi connectivity index (χ4n) is 1.60. The van der Waals surface area contributed by atoms with E-state index in [1.165, 1.54) is 0 Å². The van der Waals surface area contributed by atoms with Gasteiger partial charge in [-0.05, 0) is 19.8 Å². The van der Waals surface area contributed by atoms with Crippen molar-refractivity contribution in [3.63, 3.8) is 0 Å². The van der Waals surface area contributed by atoms with Crippen LogP contribution in [-0.4, -0.2) is 38.9 Å². The van der Waals surface area contributed by atoms with Crippen LogP contribution in [0.1, 0.15) is 19.8 Å². The molecule has 1 N–H and O–H groups in total. The predicted molar refractivity (Wildman–Crippen MR) is 62.2 cm³/mol. The van der Waals surface area contributed by atoms with Gasteiger partial charge in [0.15, 0.2) is 0 Å². The average molecular weight is 227 g/mol. The first kappa shape index (κ1) is 13.2. The molecule has 0 bridgehead atoms. The molecule has 1 aliphatic heterocycles. The Balaban J connectivity index is 2.03. The van der Waals surface area contributed by atoms with Crippen molar-refractivity contribution < 1.29 is 14.3 Å². The summed E-state index contributed by atoms with van der Waals surface area (Å²) in [5.41, 5.74) is 0.996. The molecule has 1 rings (SSSR count). The van der Waals surface area contributed by atoms with Crippen LogP contribution in [-0.2, 0) is 14.3 Å². The van der Waals surface area contributed by atoms with Gasteiger partial charge in [0.2, 0.25) is 5.91 Å². The van der Waals surface area contributed by atoms with Crippen LogP contribution >= 0.6 is 0 Å². The highest BCUT2D eigenvalue weighted by molar-refractivity contribution is 5.78. The van der Waals surface area contributed by atoms with Crippen molar-refractivity contribution in [2.24, 2.45) is 5.92 Å². The van der Waals surface area contributed by atoms with Crippen LogP contribution in [0.5, 0.6) is 0 Å². The van der Waals surface area contributed by atoms with E-state index in [2.05, 4.69) is 11.9 Å². The Morgan fingerprint density at radius 2 is 2.19 bits per heavy atom. The van der Waals surface area contributed by atoms with Crippen LogP contribution in [0.2, 0.25) is 0 Å². The van der Waals surface area contributed by atoms with Gasteiger partial charge in [0.05, 0.1) is 13.2 Å². The molecule has 0 spiro atoms. The van der Waals surface area contributed by atoms with Gasteiger partial charge in [-0.2, -0.15) is 0 Å². The Labute approximate surface area is 97.0 Å². The molecule has 4 nitrogen and oxygen atoms in total. The Kier molecular flexibility index (Phi) is 6.11. The molecule has 0 aliphatic carbocycles. The highest BCUT2D eigenvalue weighted by Gasteiger charge is 2.20. The molecule has 0 aromatic heterocycles. The molecule has 4 heteroatoms. The first-order chi connectivity index (χ1) is 7.70. The number of ether oxygens (including phenoxy) is 2. The second kappa shape index (κ2) is 7.41. The van der Waals surface area contributed by atoms with Crippen molar-refractivity contribution in [2.45, 2.75) is 19.8 Å². The zero-order valence-corrected chi connectivity index (χ0v) is 9.96. The van der Waals surface area contributed by atoms with Crippen LogP contribution < -0.4 is 5.32 Å². The monoisotopic (exact) mass is 227 g/mol. The van der Waals surface area contributed by atoms with Crippen molar-refractivity contribution in [1.29, 1.82) is 0 Å². The number of rotatable bonds is 6. The third kappa shape index (κ3) is 5.28. The third-order valence-corrected chi connectivity index (χ3v) is 2.49. The van der Waals surface area contributed by atoms with Gasteiger partial charge in [-0.3, -0.25) is 4.79 Å². The predicted octanol–water partition coefficient (Wildman–Crippen LogP) is 1.12. The van der Waals surface area contributed by atoms with Gasteiger partial charge in [0.25, 0.3) is 0 Å². The molecular formula is C12H21NO3. The van der Waals surface area contributed by atoms with Gasteiger partial charge in [0, 0.05) is 25.7 Å². The maximum Gasteiger partial charge on any atom is 0.223 e. The van der Waals surface area contributed by atoms with E-state index in [4.69, 9.17) is 9.47 Å². The van der Waals surface area contributed by atoms with Crippen molar-refractivity contribution in [3.05, 3.63) is 12.2 Å². The summed E-state index contributed by atoms with van der Waals surface area (Å²) in [4.78, 5) is 11.7. The summed E-state index contributed by atoms with van der Waals surface area (Å²) in [6.07, 6.45) is 1.66. The van der Waals surface area contributed by atoms with E-state index >= 15 is 0 Å². The molecule has 16 heavy (non-hydrogen) atoms. The second-order valence-electron chi connectivity index (χ2n) is 4.19. The van der Waals surface area contributed by atoms with E-state index < -0.39 is 0 Å². The summed E-state index contributed by atoms with van der Waals surface area (Å²) in [5.74, 6) is 0.247. The zero-order valence-electron chi connectivity index (χ0n) is 9.96. The highest BCUT2D eigenvalue weighted by Crippen LogP contribution is 2.14. The fourth-order valence-corrected chi connectivity index (χ4v) is 1.60. The first-order valence-electron chi connectivity index (χ1n) is 5.77. The van der Waals surface area contributed by atoms with Gasteiger partial charge >= 0.3 is 0 Å². The lowest BCUT2D eigenvalue weighted by atomic mass is 9.99. The molecule has 1 aliphatic rings. The van der Waals surface area contributed by atoms with Gasteiger partial charge in [-0.25, -0.2) is 0 Å². The summed E-state index contributed by atoms with van der Waals surface area (Å²) in [6.45, 7) is 8.73. The molecule has 0 saturated carbocycles. The maximum absolute atomic E-state index is 11.7. The normalized spacial score (nSPS) is 17.1. The summed E-state index contributed by atoms with van der Waals surface area (Å²) < 4.78 is 10.5. The minimum absolute atomic E-state index is 0.120. The van der Waals surface area contributed by atoms with Crippen LogP contribution in [0.15, 0.2) is 12.2 Å². The summed E-state index contributed by atoms with van der Waals surface area (Å²) in [5, 5.41) is 2.88. The molecule has 92 valence electrons. The van der Waals surface area contributed by atoms with E-state index in [9.17, 15) is 4.79 Å². The largest absolute Gasteiger partial charge is 0.381 e. The molecule has 1 heterocycles. The standard InChI is InChI=1S/C12H21NO3/c1-10(2)9-16-8-5-13-12(14)11-3-6-15-7-4-11/h11H,1,3-9H2,2H3,(H,13,14).